The lowest BCUT2D eigenvalue weighted by molar-refractivity contribution is -0.139. The molecule has 0 saturated carbocycles. The molecule has 17 heavy (non-hydrogen) atoms. The summed E-state index contributed by atoms with van der Waals surface area (Å²) in [5, 5.41) is 9.22. The lowest BCUT2D eigenvalue weighted by atomic mass is 9.86. The molecule has 1 aromatic rings. The fourth-order valence-electron chi connectivity index (χ4n) is 1.94. The summed E-state index contributed by atoms with van der Waals surface area (Å²) >= 11 is 0. The van der Waals surface area contributed by atoms with E-state index in [1.165, 1.54) is 19.2 Å². The Morgan fingerprint density at radius 2 is 2.00 bits per heavy atom. The second-order valence-electron chi connectivity index (χ2n) is 4.40. The SMILES string of the molecule is COc1cc(C(C(=O)O)C(C)C)c(C)cc1F. The number of aryl methyl sites for hydroxylation is 1. The zero-order valence-electron chi connectivity index (χ0n) is 10.5. The Kier molecular flexibility index (Phi) is 4.10. The molecule has 3 nitrogen and oxygen atoms in total. The van der Waals surface area contributed by atoms with Gasteiger partial charge in [0.05, 0.1) is 13.0 Å². The van der Waals surface area contributed by atoms with E-state index < -0.39 is 17.7 Å². The lowest BCUT2D eigenvalue weighted by Gasteiger charge is -2.19. The zero-order valence-corrected chi connectivity index (χ0v) is 10.5. The van der Waals surface area contributed by atoms with Crippen LogP contribution in [0.25, 0.3) is 0 Å². The van der Waals surface area contributed by atoms with Gasteiger partial charge in [-0.2, -0.15) is 0 Å². The van der Waals surface area contributed by atoms with Crippen LogP contribution in [0, 0.1) is 18.7 Å². The van der Waals surface area contributed by atoms with Crippen molar-refractivity contribution in [3.63, 3.8) is 0 Å². The van der Waals surface area contributed by atoms with Crippen LogP contribution in [0.1, 0.15) is 30.9 Å². The van der Waals surface area contributed by atoms with Crippen LogP contribution < -0.4 is 4.74 Å². The van der Waals surface area contributed by atoms with Crippen LogP contribution in [0.4, 0.5) is 4.39 Å². The van der Waals surface area contributed by atoms with Gasteiger partial charge < -0.3 is 9.84 Å². The van der Waals surface area contributed by atoms with E-state index in [2.05, 4.69) is 0 Å². The molecule has 0 fully saturated rings. The van der Waals surface area contributed by atoms with Crippen molar-refractivity contribution in [2.45, 2.75) is 26.7 Å². The van der Waals surface area contributed by atoms with Gasteiger partial charge in [0.2, 0.25) is 0 Å². The number of methoxy groups -OCH3 is 1. The summed E-state index contributed by atoms with van der Waals surface area (Å²) in [7, 11) is 1.36. The maximum absolute atomic E-state index is 13.4. The van der Waals surface area contributed by atoms with E-state index >= 15 is 0 Å². The van der Waals surface area contributed by atoms with E-state index in [9.17, 15) is 14.3 Å². The number of carboxylic acid groups (broad SMARTS) is 1. The molecule has 0 aliphatic rings. The summed E-state index contributed by atoms with van der Waals surface area (Å²) in [4.78, 5) is 11.2. The van der Waals surface area contributed by atoms with Gasteiger partial charge in [-0.15, -0.1) is 0 Å². The molecule has 4 heteroatoms. The maximum atomic E-state index is 13.4. The smallest absolute Gasteiger partial charge is 0.311 e. The van der Waals surface area contributed by atoms with Crippen LogP contribution in [-0.2, 0) is 4.79 Å². The standard InChI is InChI=1S/C13H17FO3/c1-7(2)12(13(15)16)9-6-11(17-4)10(14)5-8(9)3/h5-7,12H,1-4H3,(H,15,16). The number of hydrogen-bond acceptors (Lipinski definition) is 2. The van der Waals surface area contributed by atoms with E-state index in [0.717, 1.165) is 0 Å². The maximum Gasteiger partial charge on any atom is 0.311 e. The monoisotopic (exact) mass is 240 g/mol. The average Bonchev–Trinajstić information content (AvgIpc) is 2.20. The second-order valence-corrected chi connectivity index (χ2v) is 4.40. The molecule has 0 bridgehead atoms. The highest BCUT2D eigenvalue weighted by Crippen LogP contribution is 2.31. The lowest BCUT2D eigenvalue weighted by Crippen LogP contribution is -2.18. The van der Waals surface area contributed by atoms with Gasteiger partial charge >= 0.3 is 5.97 Å². The third kappa shape index (κ3) is 2.75. The first kappa shape index (κ1) is 13.5. The molecule has 1 N–H and O–H groups in total. The molecular weight excluding hydrogens is 223 g/mol. The van der Waals surface area contributed by atoms with Crippen LogP contribution >= 0.6 is 0 Å². The van der Waals surface area contributed by atoms with Crippen molar-refractivity contribution >= 4 is 5.97 Å². The Balaban J connectivity index is 3.33. The number of hydrogen-bond donors (Lipinski definition) is 1. The number of halogens is 1. The highest BCUT2D eigenvalue weighted by molar-refractivity contribution is 5.77. The van der Waals surface area contributed by atoms with Crippen LogP contribution in [0.3, 0.4) is 0 Å². The summed E-state index contributed by atoms with van der Waals surface area (Å²) in [6, 6.07) is 2.79. The summed E-state index contributed by atoms with van der Waals surface area (Å²) in [6.07, 6.45) is 0. The Morgan fingerprint density at radius 1 is 1.41 bits per heavy atom. The van der Waals surface area contributed by atoms with Crippen LogP contribution in [0.2, 0.25) is 0 Å². The van der Waals surface area contributed by atoms with Crippen molar-refractivity contribution in [2.24, 2.45) is 5.92 Å². The average molecular weight is 240 g/mol. The summed E-state index contributed by atoms with van der Waals surface area (Å²) in [5.41, 5.74) is 1.23. The van der Waals surface area contributed by atoms with Gasteiger partial charge in [0.1, 0.15) is 0 Å². The minimum atomic E-state index is -0.906. The number of aliphatic carboxylic acids is 1. The Morgan fingerprint density at radius 3 is 2.41 bits per heavy atom. The molecule has 0 amide bonds. The van der Waals surface area contributed by atoms with Gasteiger partial charge in [0, 0.05) is 0 Å². The third-order valence-corrected chi connectivity index (χ3v) is 2.81. The summed E-state index contributed by atoms with van der Waals surface area (Å²) in [6.45, 7) is 5.36. The molecule has 0 aromatic heterocycles. The van der Waals surface area contributed by atoms with Crippen LogP contribution in [0.5, 0.6) is 5.75 Å². The predicted molar refractivity (Wildman–Crippen MR) is 62.9 cm³/mol. The van der Waals surface area contributed by atoms with E-state index in [-0.39, 0.29) is 11.7 Å². The molecule has 0 radical (unpaired) electrons. The molecule has 0 heterocycles. The Bertz CT molecular complexity index is 427. The number of ether oxygens (including phenoxy) is 1. The van der Waals surface area contributed by atoms with Crippen LogP contribution in [-0.4, -0.2) is 18.2 Å². The van der Waals surface area contributed by atoms with E-state index in [1.54, 1.807) is 6.92 Å². The van der Waals surface area contributed by atoms with E-state index in [1.807, 2.05) is 13.8 Å². The first-order chi connectivity index (χ1) is 7.88. The largest absolute Gasteiger partial charge is 0.494 e. The topological polar surface area (TPSA) is 46.5 Å². The molecule has 1 rings (SSSR count). The van der Waals surface area contributed by atoms with Gasteiger partial charge in [-0.25, -0.2) is 4.39 Å². The zero-order chi connectivity index (χ0) is 13.2. The van der Waals surface area contributed by atoms with Gasteiger partial charge in [0.15, 0.2) is 11.6 Å². The molecular formula is C13H17FO3. The van der Waals surface area contributed by atoms with Crippen molar-refractivity contribution in [2.75, 3.05) is 7.11 Å². The second kappa shape index (κ2) is 5.17. The molecule has 0 aliphatic heterocycles. The van der Waals surface area contributed by atoms with Crippen molar-refractivity contribution < 1.29 is 19.0 Å². The first-order valence-electron chi connectivity index (χ1n) is 5.45. The summed E-state index contributed by atoms with van der Waals surface area (Å²) < 4.78 is 18.3. The first-order valence-corrected chi connectivity index (χ1v) is 5.45. The quantitative estimate of drug-likeness (QED) is 0.880. The van der Waals surface area contributed by atoms with Crippen LogP contribution in [0.15, 0.2) is 12.1 Å². The van der Waals surface area contributed by atoms with Gasteiger partial charge in [-0.1, -0.05) is 13.8 Å². The van der Waals surface area contributed by atoms with Gasteiger partial charge in [-0.05, 0) is 36.1 Å². The Hall–Kier alpha value is -1.58. The van der Waals surface area contributed by atoms with Crippen molar-refractivity contribution in [3.05, 3.63) is 29.1 Å². The van der Waals surface area contributed by atoms with Crippen molar-refractivity contribution in [3.8, 4) is 5.75 Å². The van der Waals surface area contributed by atoms with E-state index in [0.29, 0.717) is 11.1 Å². The normalized spacial score (nSPS) is 12.6. The highest BCUT2D eigenvalue weighted by Gasteiger charge is 2.26. The highest BCUT2D eigenvalue weighted by atomic mass is 19.1. The number of rotatable bonds is 4. The molecule has 0 saturated heterocycles. The Labute approximate surface area is 100 Å². The van der Waals surface area contributed by atoms with Gasteiger partial charge in [-0.3, -0.25) is 4.79 Å². The molecule has 0 aliphatic carbocycles. The summed E-state index contributed by atoms with van der Waals surface area (Å²) in [5.74, 6) is -2.01. The molecule has 1 atom stereocenters. The number of benzene rings is 1. The van der Waals surface area contributed by atoms with Gasteiger partial charge in [0.25, 0.3) is 0 Å². The molecule has 0 spiro atoms. The minimum Gasteiger partial charge on any atom is -0.494 e. The van der Waals surface area contributed by atoms with Crippen molar-refractivity contribution in [1.82, 2.24) is 0 Å². The fraction of sp³-hybridized carbons (Fsp3) is 0.462. The van der Waals surface area contributed by atoms with Crippen molar-refractivity contribution in [1.29, 1.82) is 0 Å². The minimum absolute atomic E-state index is 0.0682. The molecule has 94 valence electrons. The molecule has 1 aromatic carbocycles. The molecule has 1 unspecified atom stereocenters. The fourth-order valence-corrected chi connectivity index (χ4v) is 1.94. The van der Waals surface area contributed by atoms with E-state index in [4.69, 9.17) is 4.74 Å². The predicted octanol–water partition coefficient (Wildman–Crippen LogP) is 2.97. The third-order valence-electron chi connectivity index (χ3n) is 2.81. The number of carbonyl (C=O) groups is 1. The number of carboxylic acids is 1.